The first-order valence-electron chi connectivity index (χ1n) is 6.50. The molecule has 4 N–H and O–H groups in total. The van der Waals surface area contributed by atoms with Gasteiger partial charge in [0.2, 0.25) is 11.2 Å². The first-order chi connectivity index (χ1) is 10.9. The molecule has 0 bridgehead atoms. The molecule has 0 aliphatic heterocycles. The van der Waals surface area contributed by atoms with Gasteiger partial charge in [-0.25, -0.2) is 0 Å². The van der Waals surface area contributed by atoms with Crippen LogP contribution in [0.4, 0.5) is 0 Å². The van der Waals surface area contributed by atoms with Crippen molar-refractivity contribution in [1.82, 2.24) is 0 Å². The van der Waals surface area contributed by atoms with E-state index in [1.165, 1.54) is 19.2 Å². The second kappa shape index (κ2) is 5.13. The quantitative estimate of drug-likeness (QED) is 0.572. The SMILES string of the molecule is COc1c(O)cc(O)c2c(=O)c(-c3ccc(O)cc3O)coc12. The predicted octanol–water partition coefficient (Wildman–Crippen LogP) is 2.29. The number of phenolic OH excluding ortho intramolecular Hbond substituents is 4. The Morgan fingerprint density at radius 2 is 1.70 bits per heavy atom. The summed E-state index contributed by atoms with van der Waals surface area (Å²) in [7, 11) is 1.28. The molecule has 0 fully saturated rings. The molecule has 3 rings (SSSR count). The lowest BCUT2D eigenvalue weighted by Crippen LogP contribution is -2.06. The van der Waals surface area contributed by atoms with Crippen molar-refractivity contribution in [2.75, 3.05) is 7.11 Å². The van der Waals surface area contributed by atoms with Gasteiger partial charge in [0.05, 0.1) is 12.7 Å². The number of benzene rings is 2. The molecular weight excluding hydrogens is 304 g/mol. The Labute approximate surface area is 129 Å². The Kier molecular flexibility index (Phi) is 3.25. The third-order valence-corrected chi connectivity index (χ3v) is 3.44. The number of hydrogen-bond donors (Lipinski definition) is 4. The summed E-state index contributed by atoms with van der Waals surface area (Å²) in [5.74, 6) is -1.42. The van der Waals surface area contributed by atoms with Gasteiger partial charge >= 0.3 is 0 Å². The molecule has 0 aliphatic rings. The molecule has 7 heteroatoms. The largest absolute Gasteiger partial charge is 0.508 e. The minimum absolute atomic E-state index is 0.0157. The van der Waals surface area contributed by atoms with Crippen molar-refractivity contribution in [2.24, 2.45) is 0 Å². The predicted molar refractivity (Wildman–Crippen MR) is 81.1 cm³/mol. The molecule has 0 unspecified atom stereocenters. The second-order valence-corrected chi connectivity index (χ2v) is 4.83. The van der Waals surface area contributed by atoms with Crippen LogP contribution in [0, 0.1) is 0 Å². The highest BCUT2D eigenvalue weighted by Gasteiger charge is 2.20. The Morgan fingerprint density at radius 1 is 0.957 bits per heavy atom. The van der Waals surface area contributed by atoms with Gasteiger partial charge in [0.25, 0.3) is 0 Å². The number of ether oxygens (including phenoxy) is 1. The molecule has 0 aliphatic carbocycles. The van der Waals surface area contributed by atoms with Gasteiger partial charge in [-0.05, 0) is 12.1 Å². The zero-order valence-electron chi connectivity index (χ0n) is 11.9. The Balaban J connectivity index is 2.38. The molecular formula is C16H12O7. The summed E-state index contributed by atoms with van der Waals surface area (Å²) in [5.41, 5.74) is -0.622. The van der Waals surface area contributed by atoms with Crippen molar-refractivity contribution in [1.29, 1.82) is 0 Å². The molecule has 0 saturated carbocycles. The number of hydrogen-bond acceptors (Lipinski definition) is 7. The van der Waals surface area contributed by atoms with Gasteiger partial charge in [-0.15, -0.1) is 0 Å². The Morgan fingerprint density at radius 3 is 2.35 bits per heavy atom. The van der Waals surface area contributed by atoms with Crippen LogP contribution < -0.4 is 10.2 Å². The van der Waals surface area contributed by atoms with Crippen LogP contribution in [0.5, 0.6) is 28.7 Å². The van der Waals surface area contributed by atoms with E-state index in [1.807, 2.05) is 0 Å². The summed E-state index contributed by atoms with van der Waals surface area (Å²) in [6, 6.07) is 4.70. The van der Waals surface area contributed by atoms with Gasteiger partial charge in [0.15, 0.2) is 11.3 Å². The molecule has 7 nitrogen and oxygen atoms in total. The summed E-state index contributed by atoms with van der Waals surface area (Å²) in [4.78, 5) is 12.6. The van der Waals surface area contributed by atoms with Gasteiger partial charge < -0.3 is 29.6 Å². The Hall–Kier alpha value is -3.35. The van der Waals surface area contributed by atoms with Gasteiger partial charge in [-0.3, -0.25) is 4.79 Å². The highest BCUT2D eigenvalue weighted by molar-refractivity contribution is 5.93. The number of rotatable bonds is 2. The summed E-state index contributed by atoms with van der Waals surface area (Å²) < 4.78 is 10.3. The molecule has 118 valence electrons. The van der Waals surface area contributed by atoms with Crippen LogP contribution in [0.25, 0.3) is 22.1 Å². The van der Waals surface area contributed by atoms with E-state index in [1.54, 1.807) is 0 Å². The summed E-state index contributed by atoms with van der Waals surface area (Å²) in [6.45, 7) is 0. The number of fused-ring (bicyclic) bond motifs is 1. The van der Waals surface area contributed by atoms with Crippen LogP contribution >= 0.6 is 0 Å². The number of methoxy groups -OCH3 is 1. The topological polar surface area (TPSA) is 120 Å². The zero-order chi connectivity index (χ0) is 16.7. The average molecular weight is 316 g/mol. The van der Waals surface area contributed by atoms with Gasteiger partial charge in [0.1, 0.15) is 28.9 Å². The van der Waals surface area contributed by atoms with E-state index in [2.05, 4.69) is 0 Å². The fourth-order valence-corrected chi connectivity index (χ4v) is 2.38. The van der Waals surface area contributed by atoms with E-state index >= 15 is 0 Å². The van der Waals surface area contributed by atoms with Crippen LogP contribution in [0.3, 0.4) is 0 Å². The second-order valence-electron chi connectivity index (χ2n) is 4.83. The minimum atomic E-state index is -0.622. The van der Waals surface area contributed by atoms with Gasteiger partial charge in [0, 0.05) is 17.7 Å². The van der Waals surface area contributed by atoms with E-state index in [-0.39, 0.29) is 45.1 Å². The molecule has 23 heavy (non-hydrogen) atoms. The minimum Gasteiger partial charge on any atom is -0.508 e. The highest BCUT2D eigenvalue weighted by atomic mass is 16.5. The molecule has 2 aromatic carbocycles. The van der Waals surface area contributed by atoms with Crippen LogP contribution in [0.1, 0.15) is 0 Å². The first-order valence-corrected chi connectivity index (χ1v) is 6.50. The molecule has 0 atom stereocenters. The van der Waals surface area contributed by atoms with Crippen molar-refractivity contribution in [2.45, 2.75) is 0 Å². The maximum atomic E-state index is 12.6. The molecule has 0 radical (unpaired) electrons. The highest BCUT2D eigenvalue weighted by Crippen LogP contribution is 2.40. The third kappa shape index (κ3) is 2.18. The van der Waals surface area contributed by atoms with Gasteiger partial charge in [-0.2, -0.15) is 0 Å². The molecule has 3 aromatic rings. The number of phenols is 4. The van der Waals surface area contributed by atoms with Crippen molar-refractivity contribution in [3.63, 3.8) is 0 Å². The van der Waals surface area contributed by atoms with Gasteiger partial charge in [-0.1, -0.05) is 0 Å². The van der Waals surface area contributed by atoms with E-state index in [0.717, 1.165) is 18.4 Å². The monoisotopic (exact) mass is 316 g/mol. The summed E-state index contributed by atoms with van der Waals surface area (Å²) in [6.07, 6.45) is 1.08. The molecule has 0 saturated heterocycles. The fourth-order valence-electron chi connectivity index (χ4n) is 2.38. The van der Waals surface area contributed by atoms with Crippen LogP contribution in [-0.4, -0.2) is 27.5 Å². The Bertz CT molecular complexity index is 972. The first kappa shape index (κ1) is 14.6. The smallest absolute Gasteiger partial charge is 0.204 e. The maximum absolute atomic E-state index is 12.6. The van der Waals surface area contributed by atoms with Crippen LogP contribution in [-0.2, 0) is 0 Å². The van der Waals surface area contributed by atoms with E-state index < -0.39 is 11.2 Å². The molecule has 0 amide bonds. The number of aromatic hydroxyl groups is 4. The fraction of sp³-hybridized carbons (Fsp3) is 0.0625. The maximum Gasteiger partial charge on any atom is 0.204 e. The summed E-state index contributed by atoms with van der Waals surface area (Å²) >= 11 is 0. The van der Waals surface area contributed by atoms with E-state index in [0.29, 0.717) is 0 Å². The lowest BCUT2D eigenvalue weighted by molar-refractivity contribution is 0.367. The van der Waals surface area contributed by atoms with E-state index in [4.69, 9.17) is 9.15 Å². The van der Waals surface area contributed by atoms with Crippen molar-refractivity contribution in [3.05, 3.63) is 40.8 Å². The van der Waals surface area contributed by atoms with Crippen molar-refractivity contribution >= 4 is 11.0 Å². The van der Waals surface area contributed by atoms with E-state index in [9.17, 15) is 25.2 Å². The van der Waals surface area contributed by atoms with Crippen LogP contribution in [0.15, 0.2) is 39.7 Å². The molecule has 0 spiro atoms. The zero-order valence-corrected chi connectivity index (χ0v) is 11.9. The standard InChI is InChI=1S/C16H12O7/c1-22-15-12(20)5-11(19)13-14(21)9(6-23-16(13)15)8-3-2-7(17)4-10(8)18/h2-6,17-20H,1H3. The lowest BCUT2D eigenvalue weighted by atomic mass is 10.0. The third-order valence-electron chi connectivity index (χ3n) is 3.44. The normalized spacial score (nSPS) is 10.8. The summed E-state index contributed by atoms with van der Waals surface area (Å²) in [5, 5.41) is 38.7. The molecule has 1 heterocycles. The average Bonchev–Trinajstić information content (AvgIpc) is 2.48. The van der Waals surface area contributed by atoms with Crippen LogP contribution in [0.2, 0.25) is 0 Å². The molecule has 1 aromatic heterocycles. The lowest BCUT2D eigenvalue weighted by Gasteiger charge is -2.10. The van der Waals surface area contributed by atoms with Crippen molar-refractivity contribution in [3.8, 4) is 39.9 Å². The van der Waals surface area contributed by atoms with Crippen molar-refractivity contribution < 1.29 is 29.6 Å².